The van der Waals surface area contributed by atoms with Crippen molar-refractivity contribution in [3.8, 4) is 0 Å². The van der Waals surface area contributed by atoms with Crippen molar-refractivity contribution >= 4 is 22.3 Å². The fourth-order valence-electron chi connectivity index (χ4n) is 2.26. The van der Waals surface area contributed by atoms with Gasteiger partial charge < -0.3 is 20.1 Å². The molecule has 0 bridgehead atoms. The maximum atomic E-state index is 6.19. The van der Waals surface area contributed by atoms with E-state index in [-0.39, 0.29) is 0 Å². The Kier molecular flexibility index (Phi) is 5.83. The summed E-state index contributed by atoms with van der Waals surface area (Å²) in [6, 6.07) is 3.98. The molecule has 0 saturated heterocycles. The molecule has 0 fully saturated rings. The molecule has 0 unspecified atom stereocenters. The zero-order valence-corrected chi connectivity index (χ0v) is 12.8. The minimum atomic E-state index is 0.670. The number of aromatic nitrogens is 2. The summed E-state index contributed by atoms with van der Waals surface area (Å²) in [7, 11) is 0. The number of nitrogens with two attached hydrogens (primary N) is 1. The normalized spacial score (nSPS) is 11.1. The first kappa shape index (κ1) is 15.6. The molecule has 3 N–H and O–H groups in total. The summed E-state index contributed by atoms with van der Waals surface area (Å²) in [5, 5.41) is 8.05. The Labute approximate surface area is 125 Å². The first-order valence-electron chi connectivity index (χ1n) is 7.39. The molecule has 0 saturated carbocycles. The molecule has 0 atom stereocenters. The van der Waals surface area contributed by atoms with Crippen LogP contribution in [-0.2, 0) is 9.47 Å². The van der Waals surface area contributed by atoms with Gasteiger partial charge in [0.15, 0.2) is 0 Å². The number of fused-ring (bicyclic) bond motifs is 1. The third-order valence-electron chi connectivity index (χ3n) is 3.35. The smallest absolute Gasteiger partial charge is 0.0672 e. The summed E-state index contributed by atoms with van der Waals surface area (Å²) in [6.45, 7) is 8.33. The van der Waals surface area contributed by atoms with E-state index in [0.717, 1.165) is 35.4 Å². The quantitative estimate of drug-likeness (QED) is 0.546. The van der Waals surface area contributed by atoms with Crippen LogP contribution in [-0.4, -0.2) is 49.7 Å². The minimum Gasteiger partial charge on any atom is -0.397 e. The number of benzene rings is 1. The number of anilines is 2. The highest BCUT2D eigenvalue weighted by Gasteiger charge is 2.12. The van der Waals surface area contributed by atoms with Crippen LogP contribution in [0.4, 0.5) is 11.4 Å². The maximum Gasteiger partial charge on any atom is 0.0672 e. The van der Waals surface area contributed by atoms with Crippen molar-refractivity contribution in [1.82, 2.24) is 10.2 Å². The number of hydrogen-bond acceptors (Lipinski definition) is 5. The van der Waals surface area contributed by atoms with Gasteiger partial charge in [0.1, 0.15) is 0 Å². The van der Waals surface area contributed by atoms with Crippen molar-refractivity contribution < 1.29 is 9.47 Å². The van der Waals surface area contributed by atoms with Crippen LogP contribution in [0.25, 0.3) is 10.9 Å². The lowest BCUT2D eigenvalue weighted by Crippen LogP contribution is -2.31. The molecule has 6 nitrogen and oxygen atoms in total. The number of nitrogens with one attached hydrogen (secondary N) is 1. The van der Waals surface area contributed by atoms with Crippen LogP contribution in [0.5, 0.6) is 0 Å². The second-order valence-corrected chi connectivity index (χ2v) is 4.75. The monoisotopic (exact) mass is 292 g/mol. The van der Waals surface area contributed by atoms with E-state index < -0.39 is 0 Å². The van der Waals surface area contributed by atoms with E-state index in [2.05, 4.69) is 15.1 Å². The van der Waals surface area contributed by atoms with Crippen LogP contribution in [0.2, 0.25) is 0 Å². The van der Waals surface area contributed by atoms with E-state index in [1.165, 1.54) is 0 Å². The fourth-order valence-corrected chi connectivity index (χ4v) is 2.26. The Morgan fingerprint density at radius 2 is 1.81 bits per heavy atom. The van der Waals surface area contributed by atoms with Gasteiger partial charge in [-0.2, -0.15) is 5.10 Å². The number of H-pyrrole nitrogens is 1. The molecule has 1 heterocycles. The van der Waals surface area contributed by atoms with Crippen LogP contribution in [0, 0.1) is 0 Å². The average molecular weight is 292 g/mol. The molecule has 0 aliphatic carbocycles. The molecule has 1 aromatic carbocycles. The molecule has 2 rings (SSSR count). The Morgan fingerprint density at radius 1 is 1.14 bits per heavy atom. The summed E-state index contributed by atoms with van der Waals surface area (Å²) in [6.07, 6.45) is 1.78. The van der Waals surface area contributed by atoms with Crippen molar-refractivity contribution in [3.63, 3.8) is 0 Å². The van der Waals surface area contributed by atoms with Gasteiger partial charge in [-0.25, -0.2) is 0 Å². The van der Waals surface area contributed by atoms with Gasteiger partial charge in [-0.05, 0) is 26.0 Å². The van der Waals surface area contributed by atoms with E-state index in [0.29, 0.717) is 26.4 Å². The number of ether oxygens (including phenoxy) is 2. The number of aromatic amines is 1. The molecule has 1 aromatic heterocycles. The summed E-state index contributed by atoms with van der Waals surface area (Å²) in [5.41, 5.74) is 8.91. The third kappa shape index (κ3) is 4.09. The Balaban J connectivity index is 2.16. The minimum absolute atomic E-state index is 0.670. The zero-order chi connectivity index (χ0) is 15.1. The van der Waals surface area contributed by atoms with Gasteiger partial charge >= 0.3 is 0 Å². The summed E-state index contributed by atoms with van der Waals surface area (Å²) < 4.78 is 10.9. The van der Waals surface area contributed by atoms with Crippen LogP contribution in [0.1, 0.15) is 13.8 Å². The predicted octanol–water partition coefficient (Wildman–Crippen LogP) is 2.02. The maximum absolute atomic E-state index is 6.19. The van der Waals surface area contributed by atoms with E-state index in [9.17, 15) is 0 Å². The standard InChI is InChI=1S/C15H24N4O2/c1-3-20-7-5-19(6-8-21-4-2)15-10-14-12(9-13(15)16)11-17-18-14/h9-11H,3-8,16H2,1-2H3,(H,17,18). The lowest BCUT2D eigenvalue weighted by molar-refractivity contribution is 0.141. The van der Waals surface area contributed by atoms with Crippen molar-refractivity contribution in [2.24, 2.45) is 0 Å². The molecule has 116 valence electrons. The average Bonchev–Trinajstić information content (AvgIpc) is 2.92. The van der Waals surface area contributed by atoms with Crippen molar-refractivity contribution in [1.29, 1.82) is 0 Å². The Bertz CT molecular complexity index is 546. The van der Waals surface area contributed by atoms with Gasteiger partial charge in [-0.1, -0.05) is 0 Å². The van der Waals surface area contributed by atoms with Gasteiger partial charge in [0, 0.05) is 31.7 Å². The molecule has 0 aliphatic heterocycles. The van der Waals surface area contributed by atoms with Crippen molar-refractivity contribution in [3.05, 3.63) is 18.3 Å². The summed E-state index contributed by atoms with van der Waals surface area (Å²) >= 11 is 0. The van der Waals surface area contributed by atoms with E-state index in [1.807, 2.05) is 26.0 Å². The second-order valence-electron chi connectivity index (χ2n) is 4.75. The molecular formula is C15H24N4O2. The van der Waals surface area contributed by atoms with Gasteiger partial charge in [0.05, 0.1) is 36.3 Å². The lowest BCUT2D eigenvalue weighted by atomic mass is 10.2. The first-order valence-corrected chi connectivity index (χ1v) is 7.39. The fraction of sp³-hybridized carbons (Fsp3) is 0.533. The van der Waals surface area contributed by atoms with Crippen molar-refractivity contribution in [2.75, 3.05) is 50.2 Å². The molecular weight excluding hydrogens is 268 g/mol. The van der Waals surface area contributed by atoms with Crippen LogP contribution < -0.4 is 10.6 Å². The first-order chi connectivity index (χ1) is 10.3. The number of hydrogen-bond donors (Lipinski definition) is 2. The topological polar surface area (TPSA) is 76.4 Å². The van der Waals surface area contributed by atoms with Gasteiger partial charge in [0.25, 0.3) is 0 Å². The number of nitrogen functional groups attached to an aromatic ring is 1. The van der Waals surface area contributed by atoms with Gasteiger partial charge in [-0.15, -0.1) is 0 Å². The largest absolute Gasteiger partial charge is 0.397 e. The molecule has 0 spiro atoms. The predicted molar refractivity (Wildman–Crippen MR) is 85.7 cm³/mol. The molecule has 0 aliphatic rings. The van der Waals surface area contributed by atoms with Gasteiger partial charge in [-0.3, -0.25) is 5.10 Å². The van der Waals surface area contributed by atoms with Gasteiger partial charge in [0.2, 0.25) is 0 Å². The van der Waals surface area contributed by atoms with E-state index in [4.69, 9.17) is 15.2 Å². The third-order valence-corrected chi connectivity index (χ3v) is 3.35. The molecule has 21 heavy (non-hydrogen) atoms. The van der Waals surface area contributed by atoms with Crippen molar-refractivity contribution in [2.45, 2.75) is 13.8 Å². The van der Waals surface area contributed by atoms with Crippen LogP contribution in [0.3, 0.4) is 0 Å². The Morgan fingerprint density at radius 3 is 2.43 bits per heavy atom. The van der Waals surface area contributed by atoms with E-state index in [1.54, 1.807) is 6.20 Å². The highest BCUT2D eigenvalue weighted by atomic mass is 16.5. The molecule has 6 heteroatoms. The summed E-state index contributed by atoms with van der Waals surface area (Å²) in [5.74, 6) is 0. The number of nitrogens with zero attached hydrogens (tertiary/aromatic N) is 2. The highest BCUT2D eigenvalue weighted by molar-refractivity contribution is 5.88. The summed E-state index contributed by atoms with van der Waals surface area (Å²) in [4.78, 5) is 2.20. The van der Waals surface area contributed by atoms with E-state index >= 15 is 0 Å². The molecule has 0 amide bonds. The van der Waals surface area contributed by atoms with Crippen LogP contribution >= 0.6 is 0 Å². The Hall–Kier alpha value is -1.79. The number of rotatable bonds is 9. The highest BCUT2D eigenvalue weighted by Crippen LogP contribution is 2.28. The molecule has 2 aromatic rings. The SMILES string of the molecule is CCOCCN(CCOCC)c1cc2[nH]ncc2cc1N. The zero-order valence-electron chi connectivity index (χ0n) is 12.8. The lowest BCUT2D eigenvalue weighted by Gasteiger charge is -2.26. The van der Waals surface area contributed by atoms with Crippen LogP contribution in [0.15, 0.2) is 18.3 Å². The molecule has 0 radical (unpaired) electrons. The second kappa shape index (κ2) is 7.85.